The normalized spacial score (nSPS) is 12.4. The molecule has 0 heterocycles. The monoisotopic (exact) mass is 289 g/mol. The number of hydrogen-bond acceptors (Lipinski definition) is 3. The molecule has 1 rings (SSSR count). The molecule has 0 aliphatic rings. The van der Waals surface area contributed by atoms with Crippen LogP contribution >= 0.6 is 11.8 Å². The van der Waals surface area contributed by atoms with Gasteiger partial charge in [0.2, 0.25) is 0 Å². The van der Waals surface area contributed by atoms with E-state index in [0.29, 0.717) is 23.6 Å². The molecular weight excluding hydrogens is 272 g/mol. The Morgan fingerprint density at radius 3 is 2.74 bits per heavy atom. The first kappa shape index (κ1) is 15.9. The van der Waals surface area contributed by atoms with Crippen molar-refractivity contribution in [2.75, 3.05) is 12.3 Å². The van der Waals surface area contributed by atoms with Gasteiger partial charge in [-0.3, -0.25) is 4.79 Å². The predicted molar refractivity (Wildman–Crippen MR) is 71.4 cm³/mol. The van der Waals surface area contributed by atoms with Crippen LogP contribution in [-0.2, 0) is 4.79 Å². The Bertz CT molecular complexity index is 429. The first-order chi connectivity index (χ1) is 9.04. The van der Waals surface area contributed by atoms with E-state index >= 15 is 0 Å². The fourth-order valence-electron chi connectivity index (χ4n) is 1.49. The molecule has 0 spiro atoms. The second-order valence-electron chi connectivity index (χ2n) is 4.06. The third-order valence-electron chi connectivity index (χ3n) is 2.51. The molecule has 1 aromatic carbocycles. The van der Waals surface area contributed by atoms with Gasteiger partial charge in [0.15, 0.2) is 11.6 Å². The molecule has 0 bridgehead atoms. The smallest absolute Gasteiger partial charge is 0.320 e. The van der Waals surface area contributed by atoms with E-state index in [1.54, 1.807) is 0 Å². The summed E-state index contributed by atoms with van der Waals surface area (Å²) in [5.74, 6) is -2.13. The van der Waals surface area contributed by atoms with E-state index < -0.39 is 23.6 Å². The lowest BCUT2D eigenvalue weighted by atomic mass is 10.2. The molecule has 3 nitrogen and oxygen atoms in total. The minimum Gasteiger partial charge on any atom is -0.480 e. The van der Waals surface area contributed by atoms with Crippen molar-refractivity contribution in [1.29, 1.82) is 0 Å². The Balaban J connectivity index is 2.42. The average molecular weight is 289 g/mol. The second kappa shape index (κ2) is 8.12. The summed E-state index contributed by atoms with van der Waals surface area (Å²) in [6.45, 7) is 2.61. The van der Waals surface area contributed by atoms with E-state index in [0.717, 1.165) is 18.6 Å². The SMILES string of the molecule is CCCNC(CCSc1ccc(F)c(F)c1)C(=O)O. The lowest BCUT2D eigenvalue weighted by Crippen LogP contribution is -2.37. The van der Waals surface area contributed by atoms with Crippen LogP contribution in [0.3, 0.4) is 0 Å². The Morgan fingerprint density at radius 1 is 1.42 bits per heavy atom. The summed E-state index contributed by atoms with van der Waals surface area (Å²) in [6, 6.07) is 3.08. The van der Waals surface area contributed by atoms with E-state index in [2.05, 4.69) is 5.32 Å². The van der Waals surface area contributed by atoms with E-state index in [1.165, 1.54) is 17.8 Å². The van der Waals surface area contributed by atoms with Gasteiger partial charge in [-0.25, -0.2) is 8.78 Å². The first-order valence-corrected chi connectivity index (χ1v) is 7.07. The number of halogens is 2. The van der Waals surface area contributed by atoms with Crippen LogP contribution in [0.15, 0.2) is 23.1 Å². The van der Waals surface area contributed by atoms with Gasteiger partial charge >= 0.3 is 5.97 Å². The van der Waals surface area contributed by atoms with Crippen molar-refractivity contribution in [2.24, 2.45) is 0 Å². The molecule has 1 unspecified atom stereocenters. The van der Waals surface area contributed by atoms with Crippen LogP contribution in [0.2, 0.25) is 0 Å². The Morgan fingerprint density at radius 2 is 2.16 bits per heavy atom. The molecule has 6 heteroatoms. The van der Waals surface area contributed by atoms with E-state index in [1.807, 2.05) is 6.92 Å². The summed E-state index contributed by atoms with van der Waals surface area (Å²) in [7, 11) is 0. The summed E-state index contributed by atoms with van der Waals surface area (Å²) < 4.78 is 25.7. The van der Waals surface area contributed by atoms with Crippen molar-refractivity contribution < 1.29 is 18.7 Å². The number of nitrogens with one attached hydrogen (secondary N) is 1. The lowest BCUT2D eigenvalue weighted by molar-refractivity contribution is -0.139. The predicted octanol–water partition coefficient (Wildman–Crippen LogP) is 2.90. The highest BCUT2D eigenvalue weighted by atomic mass is 32.2. The summed E-state index contributed by atoms with van der Waals surface area (Å²) in [4.78, 5) is 11.6. The summed E-state index contributed by atoms with van der Waals surface area (Å²) in [5, 5.41) is 11.9. The maximum atomic E-state index is 13.0. The van der Waals surface area contributed by atoms with Crippen molar-refractivity contribution in [3.63, 3.8) is 0 Å². The Labute approximate surface area is 115 Å². The van der Waals surface area contributed by atoms with Crippen LogP contribution in [0.25, 0.3) is 0 Å². The fraction of sp³-hybridized carbons (Fsp3) is 0.462. The van der Waals surface area contributed by atoms with Crippen LogP contribution in [0, 0.1) is 11.6 Å². The number of aliphatic carboxylic acids is 1. The summed E-state index contributed by atoms with van der Waals surface area (Å²) >= 11 is 1.31. The zero-order valence-electron chi connectivity index (χ0n) is 10.7. The zero-order chi connectivity index (χ0) is 14.3. The van der Waals surface area contributed by atoms with Gasteiger partial charge in [-0.2, -0.15) is 0 Å². The quantitative estimate of drug-likeness (QED) is 0.723. The fourth-order valence-corrected chi connectivity index (χ4v) is 2.43. The number of hydrogen-bond donors (Lipinski definition) is 2. The Kier molecular flexibility index (Phi) is 6.80. The molecule has 0 amide bonds. The molecule has 0 saturated carbocycles. The molecule has 1 atom stereocenters. The molecule has 2 N–H and O–H groups in total. The first-order valence-electron chi connectivity index (χ1n) is 6.08. The maximum Gasteiger partial charge on any atom is 0.320 e. The van der Waals surface area contributed by atoms with Crippen molar-refractivity contribution in [3.05, 3.63) is 29.8 Å². The van der Waals surface area contributed by atoms with Crippen LogP contribution < -0.4 is 5.32 Å². The third kappa shape index (κ3) is 5.57. The second-order valence-corrected chi connectivity index (χ2v) is 5.23. The number of rotatable bonds is 8. The molecule has 106 valence electrons. The standard InChI is InChI=1S/C13H17F2NO2S/c1-2-6-16-12(13(17)18)5-7-19-9-3-4-10(14)11(15)8-9/h3-4,8,12,16H,2,5-7H2,1H3,(H,17,18). The minimum absolute atomic E-state index is 0.430. The third-order valence-corrected chi connectivity index (χ3v) is 3.53. The van der Waals surface area contributed by atoms with Crippen LogP contribution in [0.5, 0.6) is 0 Å². The number of carboxylic acid groups (broad SMARTS) is 1. The largest absolute Gasteiger partial charge is 0.480 e. The highest BCUT2D eigenvalue weighted by Gasteiger charge is 2.15. The molecule has 0 saturated heterocycles. The van der Waals surface area contributed by atoms with E-state index in [4.69, 9.17) is 5.11 Å². The van der Waals surface area contributed by atoms with Gasteiger partial charge in [0.25, 0.3) is 0 Å². The van der Waals surface area contributed by atoms with E-state index in [9.17, 15) is 13.6 Å². The molecule has 0 aromatic heterocycles. The van der Waals surface area contributed by atoms with Crippen LogP contribution in [-0.4, -0.2) is 29.4 Å². The Hall–Kier alpha value is -1.14. The minimum atomic E-state index is -0.890. The highest BCUT2D eigenvalue weighted by Crippen LogP contribution is 2.21. The zero-order valence-corrected chi connectivity index (χ0v) is 11.5. The van der Waals surface area contributed by atoms with Gasteiger partial charge in [-0.05, 0) is 37.6 Å². The molecule has 0 aliphatic heterocycles. The van der Waals surface area contributed by atoms with Crippen molar-refractivity contribution in [1.82, 2.24) is 5.32 Å². The lowest BCUT2D eigenvalue weighted by Gasteiger charge is -2.13. The van der Waals surface area contributed by atoms with Gasteiger partial charge in [-0.15, -0.1) is 11.8 Å². The number of benzene rings is 1. The molecule has 0 radical (unpaired) electrons. The number of thioether (sulfide) groups is 1. The van der Waals surface area contributed by atoms with E-state index in [-0.39, 0.29) is 0 Å². The van der Waals surface area contributed by atoms with Gasteiger partial charge in [0.05, 0.1) is 0 Å². The van der Waals surface area contributed by atoms with Gasteiger partial charge < -0.3 is 10.4 Å². The molecule has 0 fully saturated rings. The van der Waals surface area contributed by atoms with Crippen molar-refractivity contribution in [2.45, 2.75) is 30.7 Å². The number of carbonyl (C=O) groups is 1. The molecule has 1 aromatic rings. The highest BCUT2D eigenvalue weighted by molar-refractivity contribution is 7.99. The molecule has 0 aliphatic carbocycles. The molecular formula is C13H17F2NO2S. The topological polar surface area (TPSA) is 49.3 Å². The van der Waals surface area contributed by atoms with Gasteiger partial charge in [-0.1, -0.05) is 6.92 Å². The van der Waals surface area contributed by atoms with Crippen LogP contribution in [0.1, 0.15) is 19.8 Å². The van der Waals surface area contributed by atoms with Gasteiger partial charge in [0.1, 0.15) is 6.04 Å². The van der Waals surface area contributed by atoms with Crippen LogP contribution in [0.4, 0.5) is 8.78 Å². The maximum absolute atomic E-state index is 13.0. The van der Waals surface area contributed by atoms with Gasteiger partial charge in [0, 0.05) is 10.6 Å². The van der Waals surface area contributed by atoms with Crippen molar-refractivity contribution >= 4 is 17.7 Å². The summed E-state index contributed by atoms with van der Waals surface area (Å²) in [5.41, 5.74) is 0. The molecule has 19 heavy (non-hydrogen) atoms. The summed E-state index contributed by atoms with van der Waals surface area (Å²) in [6.07, 6.45) is 1.29. The number of carboxylic acids is 1. The average Bonchev–Trinajstić information content (AvgIpc) is 2.37. The van der Waals surface area contributed by atoms with Crippen molar-refractivity contribution in [3.8, 4) is 0 Å².